The minimum absolute atomic E-state index is 0.0665. The summed E-state index contributed by atoms with van der Waals surface area (Å²) < 4.78 is 13.1. The number of hydrogen-bond acceptors (Lipinski definition) is 3. The van der Waals surface area contributed by atoms with Gasteiger partial charge in [-0.15, -0.1) is 0 Å². The van der Waals surface area contributed by atoms with E-state index >= 15 is 0 Å². The van der Waals surface area contributed by atoms with Gasteiger partial charge in [0.1, 0.15) is 0 Å². The second-order valence-corrected chi connectivity index (χ2v) is 40.9. The van der Waals surface area contributed by atoms with Crippen molar-refractivity contribution < 1.29 is 19.1 Å². The van der Waals surface area contributed by atoms with Gasteiger partial charge in [0.2, 0.25) is 0 Å². The van der Waals surface area contributed by atoms with Crippen molar-refractivity contribution in [2.75, 3.05) is 7.11 Å². The fourth-order valence-electron chi connectivity index (χ4n) is 16.9. The quantitative estimate of drug-likeness (QED) is 0.0487. The smallest absolute Gasteiger partial charge is 0.311 e. The molecule has 1 rings (SSSR count). The van der Waals surface area contributed by atoms with Gasteiger partial charge in [-0.25, -0.2) is 0 Å². The summed E-state index contributed by atoms with van der Waals surface area (Å²) in [6.45, 7) is 23.2. The molecule has 99 heavy (non-hydrogen) atoms. The van der Waals surface area contributed by atoms with Crippen LogP contribution in [0, 0.1) is 29.1 Å². The molecule has 0 aromatic heterocycles. The second-order valence-electron chi connectivity index (χ2n) is 36.2. The van der Waals surface area contributed by atoms with E-state index in [1.54, 1.807) is 0 Å². The third-order valence-corrected chi connectivity index (χ3v) is 30.1. The lowest BCUT2D eigenvalue weighted by molar-refractivity contribution is -0.155. The highest BCUT2D eigenvalue weighted by molar-refractivity contribution is 6.74. The maximum absolute atomic E-state index is 13.1. The first-order valence-corrected chi connectivity index (χ1v) is 49.5. The van der Waals surface area contributed by atoms with Crippen molar-refractivity contribution in [3.05, 3.63) is 0 Å². The zero-order chi connectivity index (χ0) is 72.3. The largest absolute Gasteiger partial charge is 0.481 e. The Balaban J connectivity index is 1.97. The lowest BCUT2D eigenvalue weighted by Gasteiger charge is -2.44. The summed E-state index contributed by atoms with van der Waals surface area (Å²) in [7, 11) is -0.164. The molecule has 5 heteroatoms. The number of ether oxygens (including phenoxy) is 1. The minimum Gasteiger partial charge on any atom is -0.481 e. The molecule has 4 nitrogen and oxygen atoms in total. The van der Waals surface area contributed by atoms with Crippen LogP contribution in [0.5, 0.6) is 0 Å². The van der Waals surface area contributed by atoms with Crippen molar-refractivity contribution in [1.29, 1.82) is 0 Å². The first-order valence-electron chi connectivity index (χ1n) is 46.6. The van der Waals surface area contributed by atoms with E-state index in [0.717, 1.165) is 49.9 Å². The van der Waals surface area contributed by atoms with Crippen LogP contribution in [0.25, 0.3) is 0 Å². The highest BCUT2D eigenvalue weighted by Gasteiger charge is 2.47. The van der Waals surface area contributed by atoms with Crippen molar-refractivity contribution in [2.24, 2.45) is 29.1 Å². The molecule has 0 saturated heterocycles. The number of unbranched alkanes of at least 4 members (excludes halogenated alkanes) is 63. The van der Waals surface area contributed by atoms with Crippen molar-refractivity contribution in [1.82, 2.24) is 0 Å². The molecule has 7 atom stereocenters. The number of aliphatic carboxylic acids is 1. The van der Waals surface area contributed by atoms with Crippen LogP contribution in [0.4, 0.5) is 0 Å². The Morgan fingerprint density at radius 3 is 0.899 bits per heavy atom. The SMILES string of the molecule is CCCCCCCCCCCCCCCCCCCCCCCCC(C)(C(=O)O)[C@@H](CCCCCCCCCCCCCCCCCC[C@H]1C[C@@H]1[C@@H](C)CCCCCCCCCCCCCCC[C@H](OC)[C@@H](C)CCCCCCCCCCCCCCCCCC)O[Si](C)(C)C(C)(C)C. The molecule has 0 amide bonds. The average molecular weight is 1410 g/mol. The Hall–Kier alpha value is -0.393. The van der Waals surface area contributed by atoms with Gasteiger partial charge in [0.25, 0.3) is 0 Å². The molecule has 1 fully saturated rings. The number of carboxylic acid groups (broad SMARTS) is 1. The molecule has 1 aliphatic carbocycles. The van der Waals surface area contributed by atoms with Crippen LogP contribution in [0.15, 0.2) is 0 Å². The van der Waals surface area contributed by atoms with E-state index in [-0.39, 0.29) is 11.1 Å². The van der Waals surface area contributed by atoms with Crippen molar-refractivity contribution in [3.63, 3.8) is 0 Å². The van der Waals surface area contributed by atoms with Gasteiger partial charge in [-0.05, 0) is 80.8 Å². The number of carboxylic acids is 1. The Morgan fingerprint density at radius 2 is 0.616 bits per heavy atom. The van der Waals surface area contributed by atoms with Crippen LogP contribution in [-0.2, 0) is 14.0 Å². The monoisotopic (exact) mass is 1410 g/mol. The molecule has 592 valence electrons. The number of carbonyl (C=O) groups is 1. The Bertz CT molecular complexity index is 1640. The van der Waals surface area contributed by atoms with Crippen LogP contribution in [-0.4, -0.2) is 38.7 Å². The van der Waals surface area contributed by atoms with Gasteiger partial charge in [-0.2, -0.15) is 0 Å². The molecule has 1 aliphatic rings. The van der Waals surface area contributed by atoms with Gasteiger partial charge >= 0.3 is 5.97 Å². The molecule has 0 aromatic rings. The Morgan fingerprint density at radius 1 is 0.364 bits per heavy atom. The van der Waals surface area contributed by atoms with Gasteiger partial charge in [0.05, 0.1) is 17.6 Å². The van der Waals surface area contributed by atoms with E-state index in [1.807, 2.05) is 14.0 Å². The predicted octanol–water partition coefficient (Wildman–Crippen LogP) is 33.9. The van der Waals surface area contributed by atoms with Crippen LogP contribution in [0.3, 0.4) is 0 Å². The van der Waals surface area contributed by atoms with E-state index < -0.39 is 19.7 Å². The van der Waals surface area contributed by atoms with Crippen LogP contribution in [0.1, 0.15) is 531 Å². The average Bonchev–Trinajstić information content (AvgIpc) is 1.62. The van der Waals surface area contributed by atoms with Crippen molar-refractivity contribution in [3.8, 4) is 0 Å². The third-order valence-electron chi connectivity index (χ3n) is 25.6. The maximum Gasteiger partial charge on any atom is 0.311 e. The number of rotatable bonds is 82. The summed E-state index contributed by atoms with van der Waals surface area (Å²) >= 11 is 0. The van der Waals surface area contributed by atoms with Crippen LogP contribution >= 0.6 is 0 Å². The van der Waals surface area contributed by atoms with Crippen molar-refractivity contribution >= 4 is 14.3 Å². The molecule has 1 N–H and O–H groups in total. The molecular formula is C94H188O4Si. The first kappa shape index (κ1) is 96.6. The van der Waals surface area contributed by atoms with E-state index in [1.165, 1.54) is 443 Å². The second kappa shape index (κ2) is 69.4. The summed E-state index contributed by atoms with van der Waals surface area (Å²) in [5.41, 5.74) is -0.817. The van der Waals surface area contributed by atoms with Crippen LogP contribution < -0.4 is 0 Å². The van der Waals surface area contributed by atoms with Gasteiger partial charge < -0.3 is 14.3 Å². The number of methoxy groups -OCH3 is 1. The van der Waals surface area contributed by atoms with Gasteiger partial charge in [-0.3, -0.25) is 4.79 Å². The zero-order valence-electron chi connectivity index (χ0n) is 70.5. The molecule has 0 spiro atoms. The highest BCUT2D eigenvalue weighted by atomic mass is 28.4. The minimum atomic E-state index is -2.12. The maximum atomic E-state index is 13.1. The normalized spacial score (nSPS) is 16.2. The molecule has 0 aliphatic heterocycles. The molecule has 0 heterocycles. The van der Waals surface area contributed by atoms with Crippen molar-refractivity contribution in [2.45, 2.75) is 561 Å². The van der Waals surface area contributed by atoms with E-state index in [2.05, 4.69) is 61.6 Å². The van der Waals surface area contributed by atoms with Crippen LogP contribution in [0.2, 0.25) is 18.1 Å². The molecule has 0 radical (unpaired) electrons. The fraction of sp³-hybridized carbons (Fsp3) is 0.989. The van der Waals surface area contributed by atoms with Gasteiger partial charge in [0, 0.05) is 7.11 Å². The Labute approximate surface area is 626 Å². The molecule has 0 bridgehead atoms. The van der Waals surface area contributed by atoms with Gasteiger partial charge in [-0.1, -0.05) is 492 Å². The van der Waals surface area contributed by atoms with Gasteiger partial charge in [0.15, 0.2) is 8.32 Å². The molecule has 0 aromatic carbocycles. The summed E-state index contributed by atoms with van der Waals surface area (Å²) in [6, 6.07) is 0. The summed E-state index contributed by atoms with van der Waals surface area (Å²) in [6.07, 6.45) is 103. The first-order chi connectivity index (χ1) is 48.1. The Kier molecular flexibility index (Phi) is 67.7. The lowest BCUT2D eigenvalue weighted by Crippen LogP contribution is -2.51. The third kappa shape index (κ3) is 58.4. The van der Waals surface area contributed by atoms with E-state index in [4.69, 9.17) is 9.16 Å². The number of hydrogen-bond donors (Lipinski definition) is 1. The topological polar surface area (TPSA) is 55.8 Å². The predicted molar refractivity (Wildman–Crippen MR) is 447 cm³/mol. The zero-order valence-corrected chi connectivity index (χ0v) is 71.5. The summed E-state index contributed by atoms with van der Waals surface area (Å²) in [5.74, 6) is 3.15. The lowest BCUT2D eigenvalue weighted by atomic mass is 9.77. The fourth-order valence-corrected chi connectivity index (χ4v) is 18.3. The molecule has 1 unspecified atom stereocenters. The van der Waals surface area contributed by atoms with E-state index in [0.29, 0.717) is 12.0 Å². The highest BCUT2D eigenvalue weighted by Crippen LogP contribution is 2.49. The molecule has 1 saturated carbocycles. The summed E-state index contributed by atoms with van der Waals surface area (Å²) in [5, 5.41) is 10.9. The standard InChI is InChI=1S/C94H188O4Si/c1-12-14-16-18-20-22-24-26-28-30-31-32-33-34-37-41-48-54-60-66-72-78-84-94(8,92(95)96)91(98-99(10,11)93(5,6)7)83-77-71-65-59-53-47-40-36-35-39-45-51-57-63-69-75-81-88-85-89(88)86(3)79-73-67-61-55-49-44-42-46-52-58-64-70-76-82-90(97-9)87(4)80-74-68-62-56-50-43-38-29-27-25-23-21-19-17-15-13-2/h86-91H,12-85H2,1-11H3,(H,95,96)/t86-,87-,88-,89+,90-,91+,94?/m0/s1. The summed E-state index contributed by atoms with van der Waals surface area (Å²) in [4.78, 5) is 13.1. The molecular weight excluding hydrogens is 1220 g/mol. The van der Waals surface area contributed by atoms with E-state index in [9.17, 15) is 9.90 Å².